The second-order valence-corrected chi connectivity index (χ2v) is 9.73. The average Bonchev–Trinajstić information content (AvgIpc) is 2.89. The van der Waals surface area contributed by atoms with Crippen molar-refractivity contribution >= 4 is 11.9 Å². The lowest BCUT2D eigenvalue weighted by molar-refractivity contribution is -0.933. The van der Waals surface area contributed by atoms with Crippen LogP contribution < -0.4 is 15.6 Å². The second kappa shape index (κ2) is 16.8. The van der Waals surface area contributed by atoms with Crippen molar-refractivity contribution in [2.45, 2.75) is 56.9 Å². The topological polar surface area (TPSA) is 113 Å². The quantitative estimate of drug-likeness (QED) is 0.334. The van der Waals surface area contributed by atoms with E-state index in [0.717, 1.165) is 18.7 Å². The lowest BCUT2D eigenvalue weighted by atomic mass is 10.00. The first-order valence-corrected chi connectivity index (χ1v) is 12.9. The fourth-order valence-corrected chi connectivity index (χ4v) is 4.56. The van der Waals surface area contributed by atoms with Gasteiger partial charge in [0.15, 0.2) is 0 Å². The minimum absolute atomic E-state index is 0.372. The number of carbonyl (C=O) groups is 2. The Kier molecular flexibility index (Phi) is 14.7. The molecule has 230 valence electrons. The Morgan fingerprint density at radius 1 is 0.927 bits per heavy atom. The third kappa shape index (κ3) is 14.8. The summed E-state index contributed by atoms with van der Waals surface area (Å²) in [6.07, 6.45) is -3.03. The Labute approximate surface area is 235 Å². The summed E-state index contributed by atoms with van der Waals surface area (Å²) in [7, 11) is 1.72. The number of benzene rings is 2. The first-order valence-electron chi connectivity index (χ1n) is 12.9. The molecule has 0 bridgehead atoms. The van der Waals surface area contributed by atoms with E-state index < -0.39 is 24.3 Å². The van der Waals surface area contributed by atoms with E-state index in [1.165, 1.54) is 67.3 Å². The number of aryl methyl sites for hydroxylation is 2. The number of nitrogens with zero attached hydrogens (tertiary/aromatic N) is 1. The first kappa shape index (κ1) is 35.7. The number of carboxylic acids is 2. The first-order chi connectivity index (χ1) is 19.1. The van der Waals surface area contributed by atoms with Crippen molar-refractivity contribution < 1.29 is 55.4 Å². The maximum absolute atomic E-state index is 10.6. The molecule has 0 aromatic heterocycles. The molecule has 1 heterocycles. The molecule has 13 heteroatoms. The molecule has 0 aliphatic carbocycles. The molecular weight excluding hydrogens is 558 g/mol. The molecule has 0 saturated carbocycles. The van der Waals surface area contributed by atoms with Crippen LogP contribution in [0.5, 0.6) is 5.75 Å². The number of carboxylic acid groups (broad SMARTS) is 2. The molecule has 1 aliphatic heterocycles. The van der Waals surface area contributed by atoms with Crippen LogP contribution in [0.4, 0.5) is 26.3 Å². The van der Waals surface area contributed by atoms with Gasteiger partial charge in [-0.1, -0.05) is 42.5 Å². The molecule has 3 N–H and O–H groups in total. The highest BCUT2D eigenvalue weighted by molar-refractivity contribution is 5.73. The van der Waals surface area contributed by atoms with Crippen LogP contribution in [0.1, 0.15) is 36.8 Å². The Bertz CT molecular complexity index is 1020. The van der Waals surface area contributed by atoms with Crippen molar-refractivity contribution in [1.82, 2.24) is 0 Å². The number of nitrogens with two attached hydrogens (primary N) is 1. The molecule has 2 unspecified atom stereocenters. The molecule has 1 saturated heterocycles. The summed E-state index contributed by atoms with van der Waals surface area (Å²) < 4.78 is 69.8. The molecular formula is C28H36F6N2O5. The molecule has 7 nitrogen and oxygen atoms in total. The van der Waals surface area contributed by atoms with Gasteiger partial charge in [-0.2, -0.15) is 26.3 Å². The number of quaternary nitrogens is 1. The van der Waals surface area contributed by atoms with Gasteiger partial charge in [-0.05, 0) is 48.9 Å². The summed E-state index contributed by atoms with van der Waals surface area (Å²) >= 11 is 0. The van der Waals surface area contributed by atoms with Crippen molar-refractivity contribution in [3.63, 3.8) is 0 Å². The highest BCUT2D eigenvalue weighted by atomic mass is 19.4. The predicted molar refractivity (Wildman–Crippen MR) is 138 cm³/mol. The summed E-state index contributed by atoms with van der Waals surface area (Å²) in [5, 5.41) is 15.9. The number of aliphatic carboxylic acids is 2. The monoisotopic (exact) mass is 594 g/mol. The number of carbonyl (C=O) groups excluding carboxylic acids is 1. The van der Waals surface area contributed by atoms with Gasteiger partial charge in [0.1, 0.15) is 11.7 Å². The molecule has 2 aromatic rings. The maximum atomic E-state index is 10.6. The van der Waals surface area contributed by atoms with E-state index >= 15 is 0 Å². The molecule has 0 spiro atoms. The summed E-state index contributed by atoms with van der Waals surface area (Å²) in [4.78, 5) is 17.7. The number of halogens is 6. The normalized spacial score (nSPS) is 18.7. The van der Waals surface area contributed by atoms with Crippen LogP contribution in [0.15, 0.2) is 54.6 Å². The van der Waals surface area contributed by atoms with Gasteiger partial charge in [-0.3, -0.25) is 0 Å². The van der Waals surface area contributed by atoms with Crippen LogP contribution in [-0.4, -0.2) is 73.2 Å². The number of methoxy groups -OCH3 is 1. The van der Waals surface area contributed by atoms with Crippen molar-refractivity contribution in [3.05, 3.63) is 65.7 Å². The van der Waals surface area contributed by atoms with E-state index in [1.54, 1.807) is 7.11 Å². The van der Waals surface area contributed by atoms with Crippen LogP contribution in [0, 0.1) is 0 Å². The number of piperidine rings is 1. The zero-order valence-corrected chi connectivity index (χ0v) is 22.7. The summed E-state index contributed by atoms with van der Waals surface area (Å²) in [6.45, 7) is 4.95. The Balaban J connectivity index is 0.000000497. The fourth-order valence-electron chi connectivity index (χ4n) is 4.56. The fraction of sp³-hybridized carbons (Fsp3) is 0.500. The number of hydrogen-bond acceptors (Lipinski definition) is 5. The van der Waals surface area contributed by atoms with E-state index in [1.807, 2.05) is 0 Å². The van der Waals surface area contributed by atoms with Gasteiger partial charge in [0.25, 0.3) is 0 Å². The predicted octanol–water partition coefficient (Wildman–Crippen LogP) is 4.13. The Hall–Kier alpha value is -3.32. The molecule has 1 fully saturated rings. The van der Waals surface area contributed by atoms with Crippen molar-refractivity contribution in [2.75, 3.05) is 33.3 Å². The number of rotatable bonds is 9. The molecule has 1 aliphatic rings. The molecule has 0 amide bonds. The Morgan fingerprint density at radius 3 is 1.78 bits per heavy atom. The third-order valence-corrected chi connectivity index (χ3v) is 6.50. The molecule has 2 atom stereocenters. The average molecular weight is 595 g/mol. The zero-order valence-electron chi connectivity index (χ0n) is 22.7. The SMILES string of the molecule is COc1ccc(CCC[N+]2(CCCc3ccccc3)CCCC(N)C2)cc1.O=C(O)C(F)(F)F.O=C([O-])C(F)(F)F. The summed E-state index contributed by atoms with van der Waals surface area (Å²) in [5.74, 6) is -4.83. The van der Waals surface area contributed by atoms with E-state index in [0.29, 0.717) is 6.04 Å². The largest absolute Gasteiger partial charge is 0.542 e. The highest BCUT2D eigenvalue weighted by Gasteiger charge is 2.38. The number of likely N-dealkylation sites (tertiary alicyclic amines) is 1. The van der Waals surface area contributed by atoms with E-state index in [-0.39, 0.29) is 0 Å². The second-order valence-electron chi connectivity index (χ2n) is 9.73. The highest BCUT2D eigenvalue weighted by Crippen LogP contribution is 2.22. The summed E-state index contributed by atoms with van der Waals surface area (Å²) in [6, 6.07) is 19.8. The Morgan fingerprint density at radius 2 is 1.39 bits per heavy atom. The van der Waals surface area contributed by atoms with Crippen molar-refractivity contribution in [3.8, 4) is 5.75 Å². The van der Waals surface area contributed by atoms with E-state index in [2.05, 4.69) is 54.6 Å². The van der Waals surface area contributed by atoms with Gasteiger partial charge in [0, 0.05) is 12.8 Å². The van der Waals surface area contributed by atoms with Gasteiger partial charge in [-0.15, -0.1) is 0 Å². The maximum Gasteiger partial charge on any atom is 0.490 e. The molecule has 2 aromatic carbocycles. The van der Waals surface area contributed by atoms with Crippen LogP contribution in [0.25, 0.3) is 0 Å². The minimum Gasteiger partial charge on any atom is -0.542 e. The number of alkyl halides is 6. The van der Waals surface area contributed by atoms with Crippen LogP contribution in [0.2, 0.25) is 0 Å². The van der Waals surface area contributed by atoms with Crippen LogP contribution in [0.3, 0.4) is 0 Å². The zero-order chi connectivity index (χ0) is 31.1. The van der Waals surface area contributed by atoms with Crippen molar-refractivity contribution in [1.29, 1.82) is 0 Å². The molecule has 41 heavy (non-hydrogen) atoms. The van der Waals surface area contributed by atoms with Crippen molar-refractivity contribution in [2.24, 2.45) is 5.73 Å². The van der Waals surface area contributed by atoms with Gasteiger partial charge in [0.2, 0.25) is 0 Å². The minimum atomic E-state index is -5.19. The van der Waals surface area contributed by atoms with E-state index in [9.17, 15) is 26.3 Å². The van der Waals surface area contributed by atoms with Gasteiger partial charge < -0.3 is 30.0 Å². The van der Waals surface area contributed by atoms with Gasteiger partial charge in [-0.25, -0.2) is 4.79 Å². The lowest BCUT2D eigenvalue weighted by Crippen LogP contribution is -2.58. The van der Waals surface area contributed by atoms with Gasteiger partial charge in [0.05, 0.1) is 39.3 Å². The van der Waals surface area contributed by atoms with Gasteiger partial charge >= 0.3 is 18.3 Å². The van der Waals surface area contributed by atoms with E-state index in [4.69, 9.17) is 30.3 Å². The summed E-state index contributed by atoms with van der Waals surface area (Å²) in [5.41, 5.74) is 9.23. The van der Waals surface area contributed by atoms with Crippen LogP contribution in [-0.2, 0) is 22.4 Å². The molecule has 0 radical (unpaired) electrons. The molecule has 3 rings (SSSR count). The third-order valence-electron chi connectivity index (χ3n) is 6.50. The smallest absolute Gasteiger partial charge is 0.490 e. The number of hydrogen-bond donors (Lipinski definition) is 2. The number of ether oxygens (including phenoxy) is 1. The lowest BCUT2D eigenvalue weighted by Gasteiger charge is -2.44. The standard InChI is InChI=1S/C24H35N2O.2C2HF3O2/c1-27-24-15-13-22(14-16-24)11-6-18-26(19-7-12-23(25)20-26)17-5-10-21-8-3-2-4-9-21;2*3-2(4,5)1(6)7/h2-4,8-9,13-16,23H,5-7,10-12,17-20,25H2,1H3;2*(H,6,7)/q+1;;/p-1. The van der Waals surface area contributed by atoms with Crippen LogP contribution >= 0.6 is 0 Å².